The number of nitriles is 1. The number of carbonyl (C=O) groups is 3. The number of nitrogens with zero attached hydrogens (tertiary/aromatic N) is 2. The first-order chi connectivity index (χ1) is 14.0. The van der Waals surface area contributed by atoms with Gasteiger partial charge in [0, 0.05) is 24.2 Å². The van der Waals surface area contributed by atoms with Gasteiger partial charge in [0.05, 0.1) is 11.5 Å². The van der Waals surface area contributed by atoms with E-state index in [9.17, 15) is 19.6 Å². The van der Waals surface area contributed by atoms with Crippen LogP contribution in [0.2, 0.25) is 0 Å². The Balaban J connectivity index is 1.49. The lowest BCUT2D eigenvalue weighted by atomic mass is 9.80. The molecule has 1 spiro atoms. The lowest BCUT2D eigenvalue weighted by Gasteiger charge is -2.26. The summed E-state index contributed by atoms with van der Waals surface area (Å²) in [5.41, 5.74) is 0.0178. The van der Waals surface area contributed by atoms with E-state index in [1.165, 1.54) is 4.90 Å². The van der Waals surface area contributed by atoms with Gasteiger partial charge in [-0.1, -0.05) is 48.5 Å². The molecule has 29 heavy (non-hydrogen) atoms. The fourth-order valence-corrected chi connectivity index (χ4v) is 4.77. The smallest absolute Gasteiger partial charge is 0.237 e. The molecule has 2 amide bonds. The second-order valence-corrected chi connectivity index (χ2v) is 8.14. The highest BCUT2D eigenvalue weighted by Crippen LogP contribution is 2.53. The molecule has 2 aromatic rings. The monoisotopic (exact) mass is 385 g/mol. The molecule has 2 aromatic carbocycles. The summed E-state index contributed by atoms with van der Waals surface area (Å²) in [5, 5.41) is 12.6. The number of para-hydroxylation sites is 1. The maximum absolute atomic E-state index is 13.5. The van der Waals surface area contributed by atoms with Gasteiger partial charge in [-0.25, -0.2) is 0 Å². The molecule has 0 bridgehead atoms. The number of ketones is 1. The van der Waals surface area contributed by atoms with E-state index >= 15 is 0 Å². The van der Waals surface area contributed by atoms with Crippen LogP contribution in [0.25, 0.3) is 0 Å². The Bertz CT molecular complexity index is 1080. The number of nitrogens with one attached hydrogen (secondary N) is 1. The van der Waals surface area contributed by atoms with Crippen molar-refractivity contribution in [3.63, 3.8) is 0 Å². The minimum absolute atomic E-state index is 0.122. The summed E-state index contributed by atoms with van der Waals surface area (Å²) in [7, 11) is 0. The van der Waals surface area contributed by atoms with Crippen LogP contribution in [-0.2, 0) is 15.0 Å². The average Bonchev–Trinajstić information content (AvgIpc) is 3.40. The highest BCUT2D eigenvalue weighted by atomic mass is 16.2. The van der Waals surface area contributed by atoms with E-state index in [1.807, 2.05) is 30.3 Å². The van der Waals surface area contributed by atoms with Gasteiger partial charge in [0.15, 0.2) is 5.78 Å². The zero-order valence-electron chi connectivity index (χ0n) is 15.7. The lowest BCUT2D eigenvalue weighted by Crippen LogP contribution is -2.45. The summed E-state index contributed by atoms with van der Waals surface area (Å²) in [6.07, 6.45) is 1.20. The van der Waals surface area contributed by atoms with Gasteiger partial charge in [-0.3, -0.25) is 14.4 Å². The predicted molar refractivity (Wildman–Crippen MR) is 105 cm³/mol. The van der Waals surface area contributed by atoms with Gasteiger partial charge >= 0.3 is 0 Å². The van der Waals surface area contributed by atoms with Crippen LogP contribution in [0.1, 0.15) is 35.2 Å². The number of rotatable bonds is 3. The van der Waals surface area contributed by atoms with E-state index < -0.39 is 16.9 Å². The number of anilines is 1. The van der Waals surface area contributed by atoms with E-state index in [-0.39, 0.29) is 30.6 Å². The van der Waals surface area contributed by atoms with Gasteiger partial charge in [0.2, 0.25) is 11.8 Å². The number of fused-ring (bicyclic) bond motifs is 2. The van der Waals surface area contributed by atoms with E-state index in [0.29, 0.717) is 18.4 Å². The third kappa shape index (κ3) is 2.37. The minimum atomic E-state index is -1.10. The first-order valence-corrected chi connectivity index (χ1v) is 9.73. The fourth-order valence-electron chi connectivity index (χ4n) is 4.77. The fraction of sp³-hybridized carbons (Fsp3) is 0.304. The second kappa shape index (κ2) is 6.02. The molecular weight excluding hydrogens is 366 g/mol. The average molecular weight is 385 g/mol. The van der Waals surface area contributed by atoms with Gasteiger partial charge in [0.1, 0.15) is 11.5 Å². The summed E-state index contributed by atoms with van der Waals surface area (Å²) < 4.78 is 0. The van der Waals surface area contributed by atoms with Gasteiger partial charge in [-0.05, 0) is 24.5 Å². The Kier molecular flexibility index (Phi) is 3.66. The number of Topliss-reactive ketones (excluding diaryl/α,β-unsaturated/α-hetero) is 1. The van der Waals surface area contributed by atoms with Crippen molar-refractivity contribution < 1.29 is 14.4 Å². The normalized spacial score (nSPS) is 26.0. The van der Waals surface area contributed by atoms with Crippen molar-refractivity contribution in [3.05, 3.63) is 65.7 Å². The lowest BCUT2D eigenvalue weighted by molar-refractivity contribution is -0.135. The predicted octanol–water partition coefficient (Wildman–Crippen LogP) is 2.66. The third-order valence-corrected chi connectivity index (χ3v) is 6.52. The van der Waals surface area contributed by atoms with E-state index in [1.54, 1.807) is 24.3 Å². The summed E-state index contributed by atoms with van der Waals surface area (Å²) in [5.74, 6) is -0.711. The van der Waals surface area contributed by atoms with E-state index in [2.05, 4.69) is 11.4 Å². The van der Waals surface area contributed by atoms with Crippen LogP contribution in [0.3, 0.4) is 0 Å². The zero-order valence-corrected chi connectivity index (χ0v) is 15.7. The number of carbonyl (C=O) groups excluding carboxylic acids is 3. The highest BCUT2D eigenvalue weighted by Gasteiger charge is 2.63. The molecule has 2 aliphatic heterocycles. The van der Waals surface area contributed by atoms with Crippen LogP contribution in [0.5, 0.6) is 0 Å². The molecule has 6 heteroatoms. The van der Waals surface area contributed by atoms with Gasteiger partial charge in [0.25, 0.3) is 0 Å². The van der Waals surface area contributed by atoms with Gasteiger partial charge in [-0.15, -0.1) is 0 Å². The summed E-state index contributed by atoms with van der Waals surface area (Å²) >= 11 is 0. The number of likely N-dealkylation sites (tertiary alicyclic amines) is 1. The van der Waals surface area contributed by atoms with E-state index in [0.717, 1.165) is 11.3 Å². The number of benzene rings is 2. The van der Waals surface area contributed by atoms with Crippen LogP contribution in [0, 0.1) is 16.7 Å². The molecule has 6 nitrogen and oxygen atoms in total. The van der Waals surface area contributed by atoms with Crippen molar-refractivity contribution in [3.8, 4) is 6.07 Å². The van der Waals surface area contributed by atoms with Gasteiger partial charge < -0.3 is 10.2 Å². The van der Waals surface area contributed by atoms with Crippen molar-refractivity contribution >= 4 is 23.3 Å². The molecule has 2 atom stereocenters. The number of amides is 2. The summed E-state index contributed by atoms with van der Waals surface area (Å²) in [6.45, 7) is 0.122. The Labute approximate surface area is 168 Å². The Hall–Kier alpha value is -3.46. The van der Waals surface area contributed by atoms with Crippen LogP contribution in [0.4, 0.5) is 5.69 Å². The summed E-state index contributed by atoms with van der Waals surface area (Å²) in [6, 6.07) is 17.6. The molecule has 1 saturated heterocycles. The minimum Gasteiger partial charge on any atom is -0.325 e. The molecule has 1 N–H and O–H groups in total. The van der Waals surface area contributed by atoms with Crippen molar-refractivity contribution in [2.45, 2.75) is 30.7 Å². The Morgan fingerprint density at radius 2 is 1.76 bits per heavy atom. The van der Waals surface area contributed by atoms with Crippen molar-refractivity contribution in [2.75, 3.05) is 11.9 Å². The molecule has 0 radical (unpaired) electrons. The third-order valence-electron chi connectivity index (χ3n) is 6.52. The SMILES string of the molecule is N#CC1C[C@@]2(CN1C(=O)C1(C(=O)c3ccccc3)CC1)C(=O)Nc1ccccc12. The first kappa shape index (κ1) is 17.6. The van der Waals surface area contributed by atoms with Crippen LogP contribution >= 0.6 is 0 Å². The topological polar surface area (TPSA) is 90.3 Å². The molecule has 144 valence electrons. The molecule has 1 saturated carbocycles. The number of hydrogen-bond donors (Lipinski definition) is 1. The molecule has 3 aliphatic rings. The molecular formula is C23H19N3O3. The van der Waals surface area contributed by atoms with Crippen molar-refractivity contribution in [2.24, 2.45) is 5.41 Å². The summed E-state index contributed by atoms with van der Waals surface area (Å²) in [4.78, 5) is 40.9. The molecule has 5 rings (SSSR count). The molecule has 1 aliphatic carbocycles. The molecule has 0 aromatic heterocycles. The standard InChI is InChI=1S/C23H19N3O3/c24-13-16-12-23(17-8-4-5-9-18(17)25-20(23)28)14-26(16)21(29)22(10-11-22)19(27)15-6-2-1-3-7-15/h1-9,16H,10-12,14H2,(H,25,28)/t16?,23-/m0/s1. The van der Waals surface area contributed by atoms with E-state index in [4.69, 9.17) is 0 Å². The van der Waals surface area contributed by atoms with Crippen molar-refractivity contribution in [1.29, 1.82) is 5.26 Å². The molecule has 2 fully saturated rings. The quantitative estimate of drug-likeness (QED) is 0.650. The van der Waals surface area contributed by atoms with Crippen LogP contribution in [-0.4, -0.2) is 35.1 Å². The maximum Gasteiger partial charge on any atom is 0.237 e. The molecule has 1 unspecified atom stereocenters. The maximum atomic E-state index is 13.5. The van der Waals surface area contributed by atoms with Crippen LogP contribution < -0.4 is 5.32 Å². The van der Waals surface area contributed by atoms with Crippen molar-refractivity contribution in [1.82, 2.24) is 4.90 Å². The number of hydrogen-bond acceptors (Lipinski definition) is 4. The largest absolute Gasteiger partial charge is 0.325 e. The highest BCUT2D eigenvalue weighted by molar-refractivity contribution is 6.17. The first-order valence-electron chi connectivity index (χ1n) is 9.73. The molecule has 2 heterocycles. The van der Waals surface area contributed by atoms with Gasteiger partial charge in [-0.2, -0.15) is 5.26 Å². The Morgan fingerprint density at radius 3 is 2.45 bits per heavy atom. The Morgan fingerprint density at radius 1 is 1.07 bits per heavy atom. The van der Waals surface area contributed by atoms with Crippen LogP contribution in [0.15, 0.2) is 54.6 Å². The zero-order chi connectivity index (χ0) is 20.2. The second-order valence-electron chi connectivity index (χ2n) is 8.14.